The number of likely N-dealkylation sites (tertiary alicyclic amines) is 1. The average molecular weight is 227 g/mol. The molecule has 0 aromatic carbocycles. The first-order valence-corrected chi connectivity index (χ1v) is 6.15. The number of rotatable bonds is 4. The summed E-state index contributed by atoms with van der Waals surface area (Å²) in [6.45, 7) is 7.03. The molecule has 4 heteroatoms. The summed E-state index contributed by atoms with van der Waals surface area (Å²) in [4.78, 5) is 13.9. The lowest BCUT2D eigenvalue weighted by atomic mass is 9.93. The number of nitrogens with one attached hydrogen (secondary N) is 1. The van der Waals surface area contributed by atoms with Crippen molar-refractivity contribution in [2.24, 2.45) is 5.73 Å². The van der Waals surface area contributed by atoms with Crippen molar-refractivity contribution in [2.45, 2.75) is 57.7 Å². The third-order valence-electron chi connectivity index (χ3n) is 3.97. The van der Waals surface area contributed by atoms with Crippen LogP contribution < -0.4 is 11.1 Å². The Kier molecular flexibility index (Phi) is 4.33. The molecule has 0 radical (unpaired) electrons. The molecule has 0 aromatic rings. The summed E-state index contributed by atoms with van der Waals surface area (Å²) in [5.74, 6) is -0.278. The summed E-state index contributed by atoms with van der Waals surface area (Å²) < 4.78 is 0. The fourth-order valence-corrected chi connectivity index (χ4v) is 2.43. The highest BCUT2D eigenvalue weighted by molar-refractivity contribution is 5.84. The number of carbonyl (C=O) groups is 1. The number of nitrogens with two attached hydrogens (primary N) is 1. The number of carbonyl (C=O) groups excluding carboxylic acids is 1. The van der Waals surface area contributed by atoms with E-state index in [1.54, 1.807) is 7.05 Å². The maximum absolute atomic E-state index is 11.5. The van der Waals surface area contributed by atoms with Crippen LogP contribution in [0.3, 0.4) is 0 Å². The summed E-state index contributed by atoms with van der Waals surface area (Å²) in [5.41, 5.74) is 4.84. The van der Waals surface area contributed by atoms with Crippen LogP contribution >= 0.6 is 0 Å². The summed E-state index contributed by atoms with van der Waals surface area (Å²) in [5, 5.41) is 3.05. The normalized spacial score (nSPS) is 31.0. The van der Waals surface area contributed by atoms with E-state index in [4.69, 9.17) is 5.73 Å². The molecule has 1 saturated heterocycles. The predicted octanol–water partition coefficient (Wildman–Crippen LogP) is 0.713. The third-order valence-corrected chi connectivity index (χ3v) is 3.97. The van der Waals surface area contributed by atoms with E-state index in [0.29, 0.717) is 18.6 Å². The highest BCUT2D eigenvalue weighted by Gasteiger charge is 2.35. The van der Waals surface area contributed by atoms with Gasteiger partial charge in [0.15, 0.2) is 0 Å². The molecule has 1 aliphatic rings. The second kappa shape index (κ2) is 5.15. The van der Waals surface area contributed by atoms with E-state index in [2.05, 4.69) is 24.1 Å². The molecule has 1 fully saturated rings. The number of hydrogen-bond donors (Lipinski definition) is 2. The fraction of sp³-hybridized carbons (Fsp3) is 0.917. The maximum atomic E-state index is 11.5. The standard InChI is InChI=1S/C12H25N3O/c1-9-6-5-7-10(2)15(9)8-12(3,14-4)11(13)16/h9-10,14H,5-8H2,1-4H3,(H2,13,16). The van der Waals surface area contributed by atoms with Gasteiger partial charge >= 0.3 is 0 Å². The van der Waals surface area contributed by atoms with Crippen molar-refractivity contribution in [3.8, 4) is 0 Å². The largest absolute Gasteiger partial charge is 0.368 e. The topological polar surface area (TPSA) is 58.4 Å². The van der Waals surface area contributed by atoms with E-state index in [9.17, 15) is 4.79 Å². The lowest BCUT2D eigenvalue weighted by molar-refractivity contribution is -0.125. The van der Waals surface area contributed by atoms with Crippen LogP contribution in [0.5, 0.6) is 0 Å². The van der Waals surface area contributed by atoms with Crippen molar-refractivity contribution in [2.75, 3.05) is 13.6 Å². The Morgan fingerprint density at radius 1 is 1.44 bits per heavy atom. The van der Waals surface area contributed by atoms with Crippen molar-refractivity contribution in [3.05, 3.63) is 0 Å². The Bertz CT molecular complexity index is 247. The van der Waals surface area contributed by atoms with Crippen molar-refractivity contribution < 1.29 is 4.79 Å². The molecule has 16 heavy (non-hydrogen) atoms. The van der Waals surface area contributed by atoms with Crippen LogP contribution in [0, 0.1) is 0 Å². The highest BCUT2D eigenvalue weighted by atomic mass is 16.1. The first-order valence-electron chi connectivity index (χ1n) is 6.15. The third kappa shape index (κ3) is 2.74. The van der Waals surface area contributed by atoms with E-state index < -0.39 is 5.54 Å². The van der Waals surface area contributed by atoms with Crippen LogP contribution in [-0.2, 0) is 4.79 Å². The second-order valence-electron chi connectivity index (χ2n) is 5.25. The Morgan fingerprint density at radius 2 is 1.94 bits per heavy atom. The smallest absolute Gasteiger partial charge is 0.238 e. The molecule has 3 atom stereocenters. The molecule has 1 amide bonds. The number of hydrogen-bond acceptors (Lipinski definition) is 3. The molecule has 1 aliphatic heterocycles. The molecule has 3 N–H and O–H groups in total. The van der Waals surface area contributed by atoms with Gasteiger partial charge in [0, 0.05) is 18.6 Å². The number of piperidine rings is 1. The van der Waals surface area contributed by atoms with Gasteiger partial charge in [-0.15, -0.1) is 0 Å². The first kappa shape index (κ1) is 13.5. The zero-order chi connectivity index (χ0) is 12.3. The van der Waals surface area contributed by atoms with Gasteiger partial charge in [0.25, 0.3) is 0 Å². The van der Waals surface area contributed by atoms with Crippen molar-refractivity contribution in [1.82, 2.24) is 10.2 Å². The van der Waals surface area contributed by atoms with E-state index in [1.807, 2.05) is 6.92 Å². The van der Waals surface area contributed by atoms with Gasteiger partial charge in [-0.1, -0.05) is 6.42 Å². The molecule has 4 nitrogen and oxygen atoms in total. The summed E-state index contributed by atoms with van der Waals surface area (Å²) in [6.07, 6.45) is 3.71. The number of nitrogens with zero attached hydrogens (tertiary/aromatic N) is 1. The molecule has 1 heterocycles. The van der Waals surface area contributed by atoms with Crippen molar-refractivity contribution >= 4 is 5.91 Å². The van der Waals surface area contributed by atoms with E-state index >= 15 is 0 Å². The summed E-state index contributed by atoms with van der Waals surface area (Å²) >= 11 is 0. The zero-order valence-corrected chi connectivity index (χ0v) is 10.9. The summed E-state index contributed by atoms with van der Waals surface area (Å²) in [7, 11) is 1.80. The Morgan fingerprint density at radius 3 is 2.31 bits per heavy atom. The number of likely N-dealkylation sites (N-methyl/N-ethyl adjacent to an activating group) is 1. The minimum absolute atomic E-state index is 0.278. The molecule has 0 aliphatic carbocycles. The van der Waals surface area contributed by atoms with Gasteiger partial charge in [0.2, 0.25) is 5.91 Å². The highest BCUT2D eigenvalue weighted by Crippen LogP contribution is 2.24. The molecule has 3 unspecified atom stereocenters. The lowest BCUT2D eigenvalue weighted by Gasteiger charge is -2.43. The van der Waals surface area contributed by atoms with Gasteiger partial charge in [-0.05, 0) is 40.7 Å². The summed E-state index contributed by atoms with van der Waals surface area (Å²) in [6, 6.07) is 1.08. The first-order chi connectivity index (χ1) is 7.40. The average Bonchev–Trinajstić information content (AvgIpc) is 2.23. The molecule has 0 spiro atoms. The van der Waals surface area contributed by atoms with Gasteiger partial charge in [-0.2, -0.15) is 0 Å². The zero-order valence-electron chi connectivity index (χ0n) is 10.9. The monoisotopic (exact) mass is 227 g/mol. The predicted molar refractivity (Wildman–Crippen MR) is 66.1 cm³/mol. The Balaban J connectivity index is 2.73. The van der Waals surface area contributed by atoms with Gasteiger partial charge in [-0.3, -0.25) is 9.69 Å². The van der Waals surface area contributed by atoms with E-state index in [1.165, 1.54) is 19.3 Å². The minimum atomic E-state index is -0.625. The Labute approximate surface area is 98.6 Å². The van der Waals surface area contributed by atoms with Crippen LogP contribution in [0.25, 0.3) is 0 Å². The lowest BCUT2D eigenvalue weighted by Crippen LogP contribution is -2.61. The van der Waals surface area contributed by atoms with Crippen LogP contribution in [0.15, 0.2) is 0 Å². The molecular formula is C12H25N3O. The van der Waals surface area contributed by atoms with Crippen LogP contribution in [-0.4, -0.2) is 42.0 Å². The van der Waals surface area contributed by atoms with Gasteiger partial charge in [0.1, 0.15) is 5.54 Å². The van der Waals surface area contributed by atoms with Crippen molar-refractivity contribution in [3.63, 3.8) is 0 Å². The van der Waals surface area contributed by atoms with Crippen LogP contribution in [0.2, 0.25) is 0 Å². The molecule has 0 bridgehead atoms. The minimum Gasteiger partial charge on any atom is -0.368 e. The van der Waals surface area contributed by atoms with Gasteiger partial charge in [0.05, 0.1) is 0 Å². The quantitative estimate of drug-likeness (QED) is 0.744. The molecule has 0 saturated carbocycles. The fourth-order valence-electron chi connectivity index (χ4n) is 2.43. The van der Waals surface area contributed by atoms with Crippen LogP contribution in [0.1, 0.15) is 40.0 Å². The molecular weight excluding hydrogens is 202 g/mol. The maximum Gasteiger partial charge on any atom is 0.238 e. The Hall–Kier alpha value is -0.610. The van der Waals surface area contributed by atoms with Crippen LogP contribution in [0.4, 0.5) is 0 Å². The van der Waals surface area contributed by atoms with E-state index in [-0.39, 0.29) is 5.91 Å². The number of amides is 1. The molecule has 0 aromatic heterocycles. The van der Waals surface area contributed by atoms with E-state index in [0.717, 1.165) is 0 Å². The van der Waals surface area contributed by atoms with Gasteiger partial charge < -0.3 is 11.1 Å². The van der Waals surface area contributed by atoms with Gasteiger partial charge in [-0.25, -0.2) is 0 Å². The number of primary amides is 1. The molecule has 94 valence electrons. The second-order valence-corrected chi connectivity index (χ2v) is 5.25. The SMILES string of the molecule is CNC(C)(CN1C(C)CCCC1C)C(N)=O. The molecule has 1 rings (SSSR count). The van der Waals surface area contributed by atoms with Crippen molar-refractivity contribution in [1.29, 1.82) is 0 Å².